The van der Waals surface area contributed by atoms with Crippen molar-refractivity contribution in [3.05, 3.63) is 52.2 Å². The zero-order valence-electron chi connectivity index (χ0n) is 13.6. The van der Waals surface area contributed by atoms with Gasteiger partial charge in [-0.25, -0.2) is 0 Å². The molecule has 0 saturated carbocycles. The quantitative estimate of drug-likeness (QED) is 0.724. The van der Waals surface area contributed by atoms with Crippen LogP contribution in [-0.4, -0.2) is 31.6 Å². The van der Waals surface area contributed by atoms with E-state index in [0.717, 1.165) is 11.3 Å². The number of carbonyl (C=O) groups excluding carboxylic acids is 1. The number of nitrogens with zero attached hydrogens (tertiary/aromatic N) is 1. The van der Waals surface area contributed by atoms with E-state index in [1.165, 1.54) is 4.88 Å². The number of thiophene rings is 1. The van der Waals surface area contributed by atoms with Crippen molar-refractivity contribution in [1.82, 2.24) is 4.90 Å². The summed E-state index contributed by atoms with van der Waals surface area (Å²) in [6.07, 6.45) is 3.36. The minimum atomic E-state index is -0.0150. The summed E-state index contributed by atoms with van der Waals surface area (Å²) in [4.78, 5) is 15.4. The topological polar surface area (TPSA) is 38.8 Å². The van der Waals surface area contributed by atoms with Crippen LogP contribution in [0, 0.1) is 0 Å². The molecule has 2 aromatic rings. The molecule has 0 radical (unpaired) electrons. The molecule has 0 aliphatic heterocycles. The zero-order chi connectivity index (χ0) is 16.7. The number of ether oxygens (including phenoxy) is 2. The molecule has 5 heteroatoms. The van der Waals surface area contributed by atoms with E-state index in [0.29, 0.717) is 18.8 Å². The molecule has 0 N–H and O–H groups in total. The molecule has 122 valence electrons. The third-order valence-electron chi connectivity index (χ3n) is 3.47. The van der Waals surface area contributed by atoms with Gasteiger partial charge in [0.15, 0.2) is 0 Å². The minimum absolute atomic E-state index is 0.0150. The maximum Gasteiger partial charge on any atom is 0.246 e. The van der Waals surface area contributed by atoms with Gasteiger partial charge in [-0.05, 0) is 36.6 Å². The number of hydrogen-bond donors (Lipinski definition) is 0. The van der Waals surface area contributed by atoms with Crippen LogP contribution in [0.5, 0.6) is 11.5 Å². The maximum absolute atomic E-state index is 12.4. The highest BCUT2D eigenvalue weighted by molar-refractivity contribution is 7.09. The minimum Gasteiger partial charge on any atom is -0.497 e. The lowest BCUT2D eigenvalue weighted by Gasteiger charge is -2.18. The third-order valence-corrected chi connectivity index (χ3v) is 4.33. The summed E-state index contributed by atoms with van der Waals surface area (Å²) in [6.45, 7) is 3.28. The summed E-state index contributed by atoms with van der Waals surface area (Å²) in [5.74, 6) is 1.38. The van der Waals surface area contributed by atoms with E-state index < -0.39 is 0 Å². The molecule has 0 saturated heterocycles. The lowest BCUT2D eigenvalue weighted by atomic mass is 10.1. The predicted octanol–water partition coefficient (Wildman–Crippen LogP) is 3.83. The van der Waals surface area contributed by atoms with Gasteiger partial charge in [-0.1, -0.05) is 6.07 Å². The zero-order valence-corrected chi connectivity index (χ0v) is 14.4. The Kier molecular flexibility index (Phi) is 6.23. The first-order chi connectivity index (χ1) is 11.2. The van der Waals surface area contributed by atoms with Crippen molar-refractivity contribution in [1.29, 1.82) is 0 Å². The Labute approximate surface area is 141 Å². The fraction of sp³-hybridized carbons (Fsp3) is 0.278. The molecule has 1 aromatic heterocycles. The van der Waals surface area contributed by atoms with Crippen molar-refractivity contribution in [2.75, 3.05) is 20.8 Å². The van der Waals surface area contributed by atoms with Crippen LogP contribution in [0.25, 0.3) is 6.08 Å². The Bertz CT molecular complexity index is 665. The van der Waals surface area contributed by atoms with Crippen LogP contribution < -0.4 is 9.47 Å². The van der Waals surface area contributed by atoms with Crippen LogP contribution in [0.1, 0.15) is 17.4 Å². The molecule has 0 aliphatic rings. The standard InChI is InChI=1S/C18H21NO3S/c1-4-19(13-16-6-5-11-23-16)18(20)10-8-14-7-9-15(21-2)12-17(14)22-3/h5-12H,4,13H2,1-3H3/b10-8+. The first kappa shape index (κ1) is 17.1. The van der Waals surface area contributed by atoms with Crippen molar-refractivity contribution in [3.63, 3.8) is 0 Å². The van der Waals surface area contributed by atoms with E-state index in [2.05, 4.69) is 0 Å². The number of likely N-dealkylation sites (N-methyl/N-ethyl adjacent to an activating group) is 1. The third kappa shape index (κ3) is 4.60. The molecular formula is C18H21NO3S. The lowest BCUT2D eigenvalue weighted by molar-refractivity contribution is -0.126. The molecule has 1 heterocycles. The van der Waals surface area contributed by atoms with Crippen LogP contribution in [0.15, 0.2) is 41.8 Å². The van der Waals surface area contributed by atoms with Crippen LogP contribution in [0.4, 0.5) is 0 Å². The number of methoxy groups -OCH3 is 2. The van der Waals surface area contributed by atoms with Gasteiger partial charge in [0.1, 0.15) is 11.5 Å². The second kappa shape index (κ2) is 8.39. The Morgan fingerprint density at radius 3 is 2.70 bits per heavy atom. The van der Waals surface area contributed by atoms with E-state index in [-0.39, 0.29) is 5.91 Å². The maximum atomic E-state index is 12.4. The van der Waals surface area contributed by atoms with Gasteiger partial charge in [0, 0.05) is 29.1 Å². The fourth-order valence-electron chi connectivity index (χ4n) is 2.16. The summed E-state index contributed by atoms with van der Waals surface area (Å²) in [7, 11) is 3.21. The molecule has 0 fully saturated rings. The van der Waals surface area contributed by atoms with Gasteiger partial charge >= 0.3 is 0 Å². The molecular weight excluding hydrogens is 310 g/mol. The van der Waals surface area contributed by atoms with Gasteiger partial charge in [-0.3, -0.25) is 4.79 Å². The number of rotatable bonds is 7. The number of amides is 1. The average molecular weight is 331 g/mol. The van der Waals surface area contributed by atoms with E-state index in [1.807, 2.05) is 36.6 Å². The normalized spacial score (nSPS) is 10.7. The predicted molar refractivity (Wildman–Crippen MR) is 94.0 cm³/mol. The van der Waals surface area contributed by atoms with Gasteiger partial charge in [0.2, 0.25) is 5.91 Å². The summed E-state index contributed by atoms with van der Waals surface area (Å²) in [6, 6.07) is 9.55. The van der Waals surface area contributed by atoms with Gasteiger partial charge in [0.25, 0.3) is 0 Å². The van der Waals surface area contributed by atoms with Crippen LogP contribution >= 0.6 is 11.3 Å². The molecule has 1 amide bonds. The SMILES string of the molecule is CCN(Cc1cccs1)C(=O)/C=C/c1ccc(OC)cc1OC. The van der Waals surface area contributed by atoms with Crippen LogP contribution in [-0.2, 0) is 11.3 Å². The largest absolute Gasteiger partial charge is 0.497 e. The van der Waals surface area contributed by atoms with Crippen LogP contribution in [0.3, 0.4) is 0 Å². The van der Waals surface area contributed by atoms with Crippen molar-refractivity contribution in [3.8, 4) is 11.5 Å². The number of carbonyl (C=O) groups is 1. The van der Waals surface area contributed by atoms with Gasteiger partial charge in [-0.15, -0.1) is 11.3 Å². The van der Waals surface area contributed by atoms with Gasteiger partial charge in [-0.2, -0.15) is 0 Å². The smallest absolute Gasteiger partial charge is 0.246 e. The van der Waals surface area contributed by atoms with E-state index in [1.54, 1.807) is 48.7 Å². The average Bonchev–Trinajstić information content (AvgIpc) is 3.10. The second-order valence-corrected chi connectivity index (χ2v) is 5.91. The highest BCUT2D eigenvalue weighted by Gasteiger charge is 2.10. The van der Waals surface area contributed by atoms with Crippen molar-refractivity contribution in [2.24, 2.45) is 0 Å². The molecule has 0 unspecified atom stereocenters. The van der Waals surface area contributed by atoms with Gasteiger partial charge < -0.3 is 14.4 Å². The van der Waals surface area contributed by atoms with E-state index >= 15 is 0 Å². The Balaban J connectivity index is 2.10. The molecule has 0 aliphatic carbocycles. The molecule has 1 aromatic carbocycles. The van der Waals surface area contributed by atoms with Crippen molar-refractivity contribution in [2.45, 2.75) is 13.5 Å². The van der Waals surface area contributed by atoms with Gasteiger partial charge in [0.05, 0.1) is 20.8 Å². The number of benzene rings is 1. The number of hydrogen-bond acceptors (Lipinski definition) is 4. The Morgan fingerprint density at radius 2 is 2.09 bits per heavy atom. The summed E-state index contributed by atoms with van der Waals surface area (Å²) in [5, 5.41) is 2.02. The molecule has 0 spiro atoms. The molecule has 0 atom stereocenters. The lowest BCUT2D eigenvalue weighted by Crippen LogP contribution is -2.28. The Morgan fingerprint density at radius 1 is 1.26 bits per heavy atom. The monoisotopic (exact) mass is 331 g/mol. The highest BCUT2D eigenvalue weighted by atomic mass is 32.1. The molecule has 2 rings (SSSR count). The molecule has 23 heavy (non-hydrogen) atoms. The molecule has 4 nitrogen and oxygen atoms in total. The van der Waals surface area contributed by atoms with E-state index in [4.69, 9.17) is 9.47 Å². The summed E-state index contributed by atoms with van der Waals surface area (Å²) < 4.78 is 10.5. The molecule has 0 bridgehead atoms. The Hall–Kier alpha value is -2.27. The second-order valence-electron chi connectivity index (χ2n) is 4.87. The van der Waals surface area contributed by atoms with Crippen molar-refractivity contribution >= 4 is 23.3 Å². The summed E-state index contributed by atoms with van der Waals surface area (Å²) >= 11 is 1.66. The van der Waals surface area contributed by atoms with E-state index in [9.17, 15) is 4.79 Å². The first-order valence-electron chi connectivity index (χ1n) is 7.39. The first-order valence-corrected chi connectivity index (χ1v) is 8.27. The highest BCUT2D eigenvalue weighted by Crippen LogP contribution is 2.25. The summed E-state index contributed by atoms with van der Waals surface area (Å²) in [5.41, 5.74) is 0.842. The fourth-order valence-corrected chi connectivity index (χ4v) is 2.88. The van der Waals surface area contributed by atoms with Crippen molar-refractivity contribution < 1.29 is 14.3 Å². The van der Waals surface area contributed by atoms with Crippen LogP contribution in [0.2, 0.25) is 0 Å².